The van der Waals surface area contributed by atoms with Crippen LogP contribution < -0.4 is 9.97 Å². The number of nitrogens with zero attached hydrogens (tertiary/aromatic N) is 4. The van der Waals surface area contributed by atoms with Gasteiger partial charge >= 0.3 is 41.0 Å². The van der Waals surface area contributed by atoms with Crippen molar-refractivity contribution < 1.29 is 34.1 Å². The number of aliphatic carboxylic acids is 1. The van der Waals surface area contributed by atoms with Gasteiger partial charge in [-0.2, -0.15) is 0 Å². The van der Waals surface area contributed by atoms with Crippen molar-refractivity contribution in [2.24, 2.45) is 0 Å². The van der Waals surface area contributed by atoms with Crippen molar-refractivity contribution in [1.82, 2.24) is 19.9 Å². The number of aliphatic hydroxyl groups excluding tert-OH is 1. The third-order valence-electron chi connectivity index (χ3n) is 9.07. The molecule has 2 atom stereocenters. The molecule has 8 bridgehead atoms. The number of carbonyl (C=O) groups is 3. The fraction of sp³-hybridized carbons (Fsp3) is 0.250. The van der Waals surface area contributed by atoms with Crippen LogP contribution in [0.1, 0.15) is 81.6 Å². The number of esters is 2. The van der Waals surface area contributed by atoms with Crippen molar-refractivity contribution in [2.75, 3.05) is 14.2 Å². The number of rotatable bonds is 7. The van der Waals surface area contributed by atoms with E-state index in [9.17, 15) is 24.6 Å². The number of hydrogen-bond donors (Lipinski definition) is 2. The molecule has 1 unspecified atom stereocenters. The SMILES string of the molecule is C=CC1=C(C)c2cc3[n-]c(c(CCC(=O)O)c3C)c3c4nc(cc5[n-]c(cc1n2)c(C(=O)OC)c5C=C)C(C)=C4C(O)[C@@H]3C(=O)OC.[Mg+2]. The topological polar surface area (TPSA) is 164 Å². The number of aromatic nitrogens is 4. The van der Waals surface area contributed by atoms with Crippen LogP contribution in [0.5, 0.6) is 0 Å². The van der Waals surface area contributed by atoms with E-state index < -0.39 is 29.9 Å². The Bertz CT molecular complexity index is 2190. The molecule has 3 aromatic heterocycles. The Balaban J connectivity index is 0.00000451. The predicted molar refractivity (Wildman–Crippen MR) is 183 cm³/mol. The number of aliphatic hydroxyl groups is 1. The van der Waals surface area contributed by atoms with Crippen molar-refractivity contribution in [2.45, 2.75) is 45.6 Å². The Morgan fingerprint density at radius 2 is 1.58 bits per heavy atom. The molecular weight excluding hydrogens is 625 g/mol. The van der Waals surface area contributed by atoms with Gasteiger partial charge in [-0.05, 0) is 55.5 Å². The van der Waals surface area contributed by atoms with Crippen molar-refractivity contribution in [3.63, 3.8) is 0 Å². The molecule has 3 aromatic rings. The molecule has 3 aliphatic rings. The van der Waals surface area contributed by atoms with E-state index in [0.29, 0.717) is 78.2 Å². The molecular formula is C36H32MgN4O7. The number of carbonyl (C=O) groups excluding carboxylic acids is 2. The number of carboxylic acid groups (broad SMARTS) is 1. The molecule has 6 rings (SSSR count). The molecule has 0 amide bonds. The summed E-state index contributed by atoms with van der Waals surface area (Å²) in [6, 6.07) is 5.17. The molecule has 2 N–H and O–H groups in total. The zero-order chi connectivity index (χ0) is 33.9. The van der Waals surface area contributed by atoms with Gasteiger partial charge in [-0.3, -0.25) is 9.59 Å². The number of allylic oxidation sites excluding steroid dienone is 4. The van der Waals surface area contributed by atoms with Gasteiger partial charge in [0.15, 0.2) is 0 Å². The largest absolute Gasteiger partial charge is 2.00 e. The number of aryl methyl sites for hydroxylation is 2. The van der Waals surface area contributed by atoms with Gasteiger partial charge in [-0.25, -0.2) is 14.8 Å². The normalized spacial score (nSPS) is 16.5. The van der Waals surface area contributed by atoms with Gasteiger partial charge in [0.1, 0.15) is 5.92 Å². The van der Waals surface area contributed by atoms with Crippen molar-refractivity contribution >= 4 is 91.4 Å². The van der Waals surface area contributed by atoms with Crippen LogP contribution in [0.25, 0.3) is 50.4 Å². The summed E-state index contributed by atoms with van der Waals surface area (Å²) in [6.45, 7) is 13.4. The molecule has 1 aliphatic carbocycles. The van der Waals surface area contributed by atoms with Crippen LogP contribution >= 0.6 is 0 Å². The molecule has 0 aromatic carbocycles. The molecule has 0 saturated heterocycles. The van der Waals surface area contributed by atoms with Crippen LogP contribution in [0.2, 0.25) is 0 Å². The van der Waals surface area contributed by atoms with Gasteiger partial charge < -0.3 is 29.7 Å². The van der Waals surface area contributed by atoms with E-state index in [1.54, 1.807) is 31.2 Å². The maximum atomic E-state index is 13.3. The Morgan fingerprint density at radius 1 is 0.917 bits per heavy atom. The molecule has 240 valence electrons. The molecule has 5 heterocycles. The van der Waals surface area contributed by atoms with Crippen molar-refractivity contribution in [3.8, 4) is 0 Å². The van der Waals surface area contributed by atoms with Crippen LogP contribution in [0.15, 0.2) is 37.4 Å². The summed E-state index contributed by atoms with van der Waals surface area (Å²) in [7, 11) is 2.53. The van der Waals surface area contributed by atoms with E-state index in [1.165, 1.54) is 20.3 Å². The minimum absolute atomic E-state index is 0. The van der Waals surface area contributed by atoms with Gasteiger partial charge in [0, 0.05) is 17.6 Å². The third kappa shape index (κ3) is 5.29. The second-order valence-corrected chi connectivity index (χ2v) is 11.5. The van der Waals surface area contributed by atoms with E-state index in [-0.39, 0.29) is 41.5 Å². The minimum atomic E-state index is -1.31. The molecule has 2 aliphatic heterocycles. The molecule has 48 heavy (non-hydrogen) atoms. The molecule has 12 heteroatoms. The van der Waals surface area contributed by atoms with Crippen LogP contribution in [-0.4, -0.2) is 81.5 Å². The zero-order valence-corrected chi connectivity index (χ0v) is 28.7. The average molecular weight is 657 g/mol. The van der Waals surface area contributed by atoms with E-state index in [2.05, 4.69) is 13.2 Å². The maximum absolute atomic E-state index is 13.3. The zero-order valence-electron chi connectivity index (χ0n) is 27.3. The quantitative estimate of drug-likeness (QED) is 0.269. The Morgan fingerprint density at radius 3 is 2.21 bits per heavy atom. The Hall–Kier alpha value is -4.78. The fourth-order valence-electron chi connectivity index (χ4n) is 6.65. The predicted octanol–water partition coefficient (Wildman–Crippen LogP) is 4.63. The van der Waals surface area contributed by atoms with E-state index >= 15 is 0 Å². The first-order valence-electron chi connectivity index (χ1n) is 14.9. The van der Waals surface area contributed by atoms with Crippen LogP contribution in [0.3, 0.4) is 0 Å². The molecule has 11 nitrogen and oxygen atoms in total. The number of fused-ring (bicyclic) bond motifs is 8. The first kappa shape index (κ1) is 34.5. The number of methoxy groups -OCH3 is 2. The molecule has 0 fully saturated rings. The first-order chi connectivity index (χ1) is 22.4. The first-order valence-corrected chi connectivity index (χ1v) is 14.9. The maximum Gasteiger partial charge on any atom is 2.00 e. The summed E-state index contributed by atoms with van der Waals surface area (Å²) in [6.07, 6.45) is 1.83. The van der Waals surface area contributed by atoms with E-state index in [0.717, 1.165) is 11.1 Å². The Kier molecular flexibility index (Phi) is 9.37. The number of hydrogen-bond acceptors (Lipinski definition) is 8. The summed E-state index contributed by atoms with van der Waals surface area (Å²) in [5.41, 5.74) is 8.34. The average Bonchev–Trinajstić information content (AvgIpc) is 3.79. The second kappa shape index (κ2) is 13.0. The molecule has 0 radical (unpaired) electrons. The van der Waals surface area contributed by atoms with E-state index in [1.807, 2.05) is 13.8 Å². The summed E-state index contributed by atoms with van der Waals surface area (Å²) in [5.74, 6) is -3.42. The van der Waals surface area contributed by atoms with Crippen LogP contribution in [-0.2, 0) is 25.5 Å². The van der Waals surface area contributed by atoms with Gasteiger partial charge in [0.25, 0.3) is 0 Å². The Labute approximate surface area is 292 Å². The fourth-order valence-corrected chi connectivity index (χ4v) is 6.65. The van der Waals surface area contributed by atoms with Gasteiger partial charge in [0.2, 0.25) is 0 Å². The van der Waals surface area contributed by atoms with Crippen molar-refractivity contribution in [1.29, 1.82) is 0 Å². The monoisotopic (exact) mass is 656 g/mol. The summed E-state index contributed by atoms with van der Waals surface area (Å²) in [5, 5.41) is 21.3. The van der Waals surface area contributed by atoms with Crippen LogP contribution in [0.4, 0.5) is 0 Å². The summed E-state index contributed by atoms with van der Waals surface area (Å²) >= 11 is 0. The molecule has 0 spiro atoms. The van der Waals surface area contributed by atoms with Gasteiger partial charge in [-0.15, -0.1) is 22.1 Å². The number of carboxylic acids is 1. The van der Waals surface area contributed by atoms with Crippen LogP contribution in [0, 0.1) is 6.92 Å². The summed E-state index contributed by atoms with van der Waals surface area (Å²) in [4.78, 5) is 57.6. The van der Waals surface area contributed by atoms with Gasteiger partial charge in [0.05, 0.1) is 48.7 Å². The summed E-state index contributed by atoms with van der Waals surface area (Å²) < 4.78 is 10.3. The van der Waals surface area contributed by atoms with E-state index in [4.69, 9.17) is 29.4 Å². The molecule has 0 saturated carbocycles. The minimum Gasteiger partial charge on any atom is -0.657 e. The van der Waals surface area contributed by atoms with Crippen molar-refractivity contribution in [3.05, 3.63) is 88.0 Å². The third-order valence-corrected chi connectivity index (χ3v) is 9.07. The smallest absolute Gasteiger partial charge is 0.657 e. The standard InChI is InChI=1S/C36H34N4O7.Mg/c1-8-18-15(3)21-12-22-16(4)20(10-11-27(41)42)32(39-22)30-31(36(45)47-7)34(43)28-17(5)23(40-33(28)30)13-25-19(9-2)29(35(44)46-6)26(38-25)14-24(18)37-21;/h8-9,12-14,31,34,43H,1-2,10-11H2,3-7H3,(H3,37,38,39,40,41,42,44);/q;+2/p-2/t31-,34?;/m1./s1. The second-order valence-electron chi connectivity index (χ2n) is 11.5. The number of ether oxygens (including phenoxy) is 2. The van der Waals surface area contributed by atoms with Gasteiger partial charge in [-0.1, -0.05) is 48.6 Å².